The third kappa shape index (κ3) is 6.84. The fraction of sp³-hybridized carbons (Fsp3) is 0.560. The van der Waals surface area contributed by atoms with E-state index in [1.54, 1.807) is 0 Å². The van der Waals surface area contributed by atoms with Crippen LogP contribution in [0.3, 0.4) is 0 Å². The number of thioether (sulfide) groups is 1. The summed E-state index contributed by atoms with van der Waals surface area (Å²) in [7, 11) is 0. The summed E-state index contributed by atoms with van der Waals surface area (Å²) in [6, 6.07) is 8.15. The van der Waals surface area contributed by atoms with E-state index in [0.717, 1.165) is 69.1 Å². The lowest BCUT2D eigenvalue weighted by Crippen LogP contribution is -2.54. The van der Waals surface area contributed by atoms with Crippen LogP contribution >= 0.6 is 11.8 Å². The zero-order valence-electron chi connectivity index (χ0n) is 20.3. The Morgan fingerprint density at radius 3 is 2.55 bits per heavy atom. The summed E-state index contributed by atoms with van der Waals surface area (Å²) < 4.78 is 0. The number of carbonyl (C=O) groups excluding carboxylic acids is 1. The van der Waals surface area contributed by atoms with Crippen molar-refractivity contribution in [2.45, 2.75) is 65.0 Å². The molecule has 0 radical (unpaired) electrons. The maximum atomic E-state index is 12.8. The van der Waals surface area contributed by atoms with Crippen molar-refractivity contribution < 1.29 is 4.79 Å². The molecule has 180 valence electrons. The van der Waals surface area contributed by atoms with Crippen molar-refractivity contribution in [2.75, 3.05) is 26.2 Å². The molecule has 8 heteroatoms. The quantitative estimate of drug-likeness (QED) is 0.370. The zero-order valence-corrected chi connectivity index (χ0v) is 21.1. The summed E-state index contributed by atoms with van der Waals surface area (Å²) in [4.78, 5) is 20.5. The number of H-pyrrole nitrogens is 1. The van der Waals surface area contributed by atoms with Crippen molar-refractivity contribution in [3.8, 4) is 0 Å². The molecule has 1 aromatic carbocycles. The van der Waals surface area contributed by atoms with Crippen LogP contribution in [0.4, 0.5) is 0 Å². The number of para-hydroxylation sites is 1. The molecular weight excluding hydrogens is 432 g/mol. The Morgan fingerprint density at radius 1 is 1.18 bits per heavy atom. The summed E-state index contributed by atoms with van der Waals surface area (Å²) >= 11 is 0.955. The van der Waals surface area contributed by atoms with Crippen molar-refractivity contribution in [1.82, 2.24) is 20.1 Å². The molecule has 0 bridgehead atoms. The number of fused-ring (bicyclic) bond motifs is 1. The number of nitrogens with one attached hydrogen (secondary N) is 4. The van der Waals surface area contributed by atoms with E-state index in [1.807, 2.05) is 23.2 Å². The van der Waals surface area contributed by atoms with Crippen molar-refractivity contribution in [3.63, 3.8) is 0 Å². The smallest absolute Gasteiger partial charge is 0.276 e. The number of nitrogens with zero attached hydrogens (tertiary/aromatic N) is 2. The average Bonchev–Trinajstić information content (AvgIpc) is 3.19. The van der Waals surface area contributed by atoms with Crippen molar-refractivity contribution in [2.24, 2.45) is 0 Å². The highest BCUT2D eigenvalue weighted by Crippen LogP contribution is 2.21. The largest absolute Gasteiger partial charge is 0.361 e. The Balaban J connectivity index is 1.55. The Bertz CT molecular complexity index is 971. The molecule has 1 fully saturated rings. The van der Waals surface area contributed by atoms with Gasteiger partial charge in [-0.25, -0.2) is 0 Å². The second-order valence-electron chi connectivity index (χ2n) is 9.76. The second kappa shape index (κ2) is 11.2. The van der Waals surface area contributed by atoms with E-state index in [4.69, 9.17) is 10.8 Å². The predicted molar refractivity (Wildman–Crippen MR) is 139 cm³/mol. The van der Waals surface area contributed by atoms with Gasteiger partial charge >= 0.3 is 0 Å². The van der Waals surface area contributed by atoms with Gasteiger partial charge in [-0.1, -0.05) is 38.0 Å². The number of hydrogen-bond donors (Lipinski definition) is 4. The first-order chi connectivity index (χ1) is 15.7. The van der Waals surface area contributed by atoms with E-state index in [2.05, 4.69) is 55.0 Å². The number of carbonyl (C=O) groups is 1. The minimum atomic E-state index is -0.390. The molecule has 1 amide bonds. The first-order valence-corrected chi connectivity index (χ1v) is 12.7. The van der Waals surface area contributed by atoms with Gasteiger partial charge in [0.2, 0.25) is 0 Å². The molecule has 0 aliphatic carbocycles. The zero-order chi connectivity index (χ0) is 24.0. The van der Waals surface area contributed by atoms with E-state index >= 15 is 0 Å². The number of piperazine rings is 1. The lowest BCUT2D eigenvalue weighted by molar-refractivity contribution is -0.115. The Labute approximate surface area is 201 Å². The first-order valence-electron chi connectivity index (χ1n) is 11.9. The third-order valence-corrected chi connectivity index (χ3v) is 7.14. The number of amidine groups is 1. The molecular formula is C25H38N6OS. The van der Waals surface area contributed by atoms with Crippen molar-refractivity contribution in [1.29, 1.82) is 10.8 Å². The number of amides is 1. The summed E-state index contributed by atoms with van der Waals surface area (Å²) in [5.74, 6) is -0.390. The van der Waals surface area contributed by atoms with E-state index in [-0.39, 0.29) is 27.7 Å². The van der Waals surface area contributed by atoms with Crippen LogP contribution in [0.5, 0.6) is 0 Å². The highest BCUT2D eigenvalue weighted by molar-refractivity contribution is 8.27. The van der Waals surface area contributed by atoms with Crippen LogP contribution in [0.2, 0.25) is 0 Å². The van der Waals surface area contributed by atoms with Gasteiger partial charge in [0.15, 0.2) is 10.2 Å². The SMILES string of the molecule is CCCCC(Cc1c[nH]c2ccccc12)NC(=O)C(=N)SC(=N)N1CCN(C(C)(C)C)CC1. The maximum Gasteiger partial charge on any atom is 0.276 e. The molecule has 0 saturated carbocycles. The fourth-order valence-corrected chi connectivity index (χ4v) is 4.94. The summed E-state index contributed by atoms with van der Waals surface area (Å²) in [6.45, 7) is 12.0. The molecule has 3 rings (SSSR count). The van der Waals surface area contributed by atoms with Crippen LogP contribution in [0.1, 0.15) is 52.5 Å². The molecule has 2 heterocycles. The molecule has 7 nitrogen and oxygen atoms in total. The summed E-state index contributed by atoms with van der Waals surface area (Å²) in [5, 5.41) is 21.1. The van der Waals surface area contributed by atoms with E-state index in [1.165, 1.54) is 10.9 Å². The van der Waals surface area contributed by atoms with Gasteiger partial charge in [0.25, 0.3) is 5.91 Å². The van der Waals surface area contributed by atoms with Gasteiger partial charge in [-0.3, -0.25) is 20.5 Å². The van der Waals surface area contributed by atoms with Gasteiger partial charge in [-0.2, -0.15) is 0 Å². The second-order valence-corrected chi connectivity index (χ2v) is 10.8. The standard InChI is InChI=1S/C25H38N6OS/c1-5-6-9-19(16-18-17-28-21-11-8-7-10-20(18)21)29-23(32)22(26)33-24(27)30-12-14-31(15-13-30)25(2,3)4/h7-8,10-11,17,19,26-28H,5-6,9,12-16H2,1-4H3,(H,29,32). The minimum Gasteiger partial charge on any atom is -0.361 e. The Morgan fingerprint density at radius 2 is 1.88 bits per heavy atom. The fourth-order valence-electron chi connectivity index (χ4n) is 4.28. The highest BCUT2D eigenvalue weighted by atomic mass is 32.2. The van der Waals surface area contributed by atoms with Crippen LogP contribution in [-0.4, -0.2) is 68.7 Å². The molecule has 0 spiro atoms. The molecule has 4 N–H and O–H groups in total. The minimum absolute atomic E-state index is 0.0397. The molecule has 33 heavy (non-hydrogen) atoms. The van der Waals surface area contributed by atoms with Crippen LogP contribution in [-0.2, 0) is 11.2 Å². The molecule has 1 saturated heterocycles. The van der Waals surface area contributed by atoms with E-state index in [9.17, 15) is 4.79 Å². The highest BCUT2D eigenvalue weighted by Gasteiger charge is 2.28. The Kier molecular flexibility index (Phi) is 8.59. The first kappa shape index (κ1) is 25.3. The summed E-state index contributed by atoms with van der Waals surface area (Å²) in [5.41, 5.74) is 2.39. The molecule has 1 unspecified atom stereocenters. The number of rotatable bonds is 6. The monoisotopic (exact) mass is 470 g/mol. The van der Waals surface area contributed by atoms with Gasteiger partial charge < -0.3 is 15.2 Å². The molecule has 1 aliphatic rings. The van der Waals surface area contributed by atoms with Crippen LogP contribution in [0.25, 0.3) is 10.9 Å². The number of hydrogen-bond acceptors (Lipinski definition) is 5. The number of benzene rings is 1. The predicted octanol–water partition coefficient (Wildman–Crippen LogP) is 4.45. The summed E-state index contributed by atoms with van der Waals surface area (Å²) in [6.07, 6.45) is 5.67. The lowest BCUT2D eigenvalue weighted by Gasteiger charge is -2.42. The van der Waals surface area contributed by atoms with Gasteiger partial charge in [0, 0.05) is 54.9 Å². The van der Waals surface area contributed by atoms with Gasteiger partial charge in [0.05, 0.1) is 0 Å². The maximum absolute atomic E-state index is 12.8. The van der Waals surface area contributed by atoms with Crippen molar-refractivity contribution >= 4 is 38.8 Å². The van der Waals surface area contributed by atoms with Gasteiger partial charge in [-0.05, 0) is 57.0 Å². The van der Waals surface area contributed by atoms with Crippen LogP contribution < -0.4 is 5.32 Å². The number of unbranched alkanes of at least 4 members (excludes halogenated alkanes) is 1. The molecule has 1 aromatic heterocycles. The average molecular weight is 471 g/mol. The van der Waals surface area contributed by atoms with E-state index < -0.39 is 0 Å². The van der Waals surface area contributed by atoms with Crippen LogP contribution in [0.15, 0.2) is 30.5 Å². The number of aromatic amines is 1. The lowest BCUT2D eigenvalue weighted by atomic mass is 10.0. The van der Waals surface area contributed by atoms with Crippen molar-refractivity contribution in [3.05, 3.63) is 36.0 Å². The van der Waals surface area contributed by atoms with Gasteiger partial charge in [0.1, 0.15) is 0 Å². The normalized spacial score (nSPS) is 16.1. The van der Waals surface area contributed by atoms with E-state index in [0.29, 0.717) is 0 Å². The molecule has 1 aliphatic heterocycles. The Hall–Kier alpha value is -2.32. The number of aromatic nitrogens is 1. The molecule has 2 aromatic rings. The van der Waals surface area contributed by atoms with Crippen LogP contribution in [0, 0.1) is 10.8 Å². The topological polar surface area (TPSA) is 99.1 Å². The molecule has 1 atom stereocenters. The third-order valence-electron chi connectivity index (χ3n) is 6.30. The van der Waals surface area contributed by atoms with Gasteiger partial charge in [-0.15, -0.1) is 0 Å².